The number of carbonyl (C=O) groups excluding carboxylic acids is 1. The smallest absolute Gasteiger partial charge is 0.319 e. The fourth-order valence-corrected chi connectivity index (χ4v) is 2.56. The number of urea groups is 1. The van der Waals surface area contributed by atoms with Gasteiger partial charge in [0.1, 0.15) is 0 Å². The third-order valence-electron chi connectivity index (χ3n) is 3.74. The molecule has 0 radical (unpaired) electrons. The summed E-state index contributed by atoms with van der Waals surface area (Å²) in [5.41, 5.74) is 0.397. The minimum atomic E-state index is -0.480. The first-order chi connectivity index (χ1) is 9.56. The topological polar surface area (TPSA) is 84.3 Å². The van der Waals surface area contributed by atoms with Crippen LogP contribution in [0.2, 0.25) is 0 Å². The molecular formula is C14H19N3O3. The van der Waals surface area contributed by atoms with Crippen molar-refractivity contribution in [1.29, 1.82) is 0 Å². The molecule has 0 aromatic heterocycles. The van der Waals surface area contributed by atoms with Crippen LogP contribution in [0.25, 0.3) is 0 Å². The zero-order valence-electron chi connectivity index (χ0n) is 11.5. The number of nitro groups is 1. The second kappa shape index (κ2) is 6.36. The van der Waals surface area contributed by atoms with Crippen molar-refractivity contribution in [1.82, 2.24) is 5.32 Å². The standard InChI is InChI=1S/C14H19N3O3/c1-10-5-2-3-8-13(10)16-14(18)15-11-6-4-7-12(9-11)17(19)20/h4,6-7,9-10,13H,2-3,5,8H2,1H3,(H2,15,16,18). The van der Waals surface area contributed by atoms with Crippen molar-refractivity contribution in [3.63, 3.8) is 0 Å². The molecule has 0 aliphatic heterocycles. The molecule has 20 heavy (non-hydrogen) atoms. The van der Waals surface area contributed by atoms with Crippen molar-refractivity contribution >= 4 is 17.4 Å². The molecule has 0 spiro atoms. The molecule has 2 N–H and O–H groups in total. The molecule has 1 aliphatic carbocycles. The van der Waals surface area contributed by atoms with Gasteiger partial charge in [0, 0.05) is 23.9 Å². The number of amides is 2. The number of hydrogen-bond donors (Lipinski definition) is 2. The lowest BCUT2D eigenvalue weighted by Crippen LogP contribution is -2.43. The number of carbonyl (C=O) groups is 1. The number of hydrogen-bond acceptors (Lipinski definition) is 3. The van der Waals surface area contributed by atoms with Gasteiger partial charge in [0.15, 0.2) is 0 Å². The SMILES string of the molecule is CC1CCCCC1NC(=O)Nc1cccc([N+](=O)[O-])c1. The van der Waals surface area contributed by atoms with Gasteiger partial charge in [0.25, 0.3) is 5.69 Å². The van der Waals surface area contributed by atoms with Crippen LogP contribution >= 0.6 is 0 Å². The highest BCUT2D eigenvalue weighted by atomic mass is 16.6. The van der Waals surface area contributed by atoms with Gasteiger partial charge in [-0.05, 0) is 24.8 Å². The summed E-state index contributed by atoms with van der Waals surface area (Å²) in [7, 11) is 0. The average molecular weight is 277 g/mol. The number of rotatable bonds is 3. The number of non-ortho nitro benzene ring substituents is 1. The second-order valence-corrected chi connectivity index (χ2v) is 5.27. The molecule has 2 atom stereocenters. The highest BCUT2D eigenvalue weighted by Gasteiger charge is 2.22. The summed E-state index contributed by atoms with van der Waals surface area (Å²) in [6.07, 6.45) is 4.46. The lowest BCUT2D eigenvalue weighted by Gasteiger charge is -2.29. The molecular weight excluding hydrogens is 258 g/mol. The molecule has 6 nitrogen and oxygen atoms in total. The van der Waals surface area contributed by atoms with E-state index in [-0.39, 0.29) is 17.8 Å². The molecule has 108 valence electrons. The van der Waals surface area contributed by atoms with Gasteiger partial charge in [0.2, 0.25) is 0 Å². The molecule has 1 fully saturated rings. The van der Waals surface area contributed by atoms with E-state index >= 15 is 0 Å². The van der Waals surface area contributed by atoms with Crippen LogP contribution in [0.3, 0.4) is 0 Å². The van der Waals surface area contributed by atoms with Gasteiger partial charge in [-0.1, -0.05) is 25.8 Å². The first-order valence-corrected chi connectivity index (χ1v) is 6.88. The van der Waals surface area contributed by atoms with Crippen LogP contribution in [-0.2, 0) is 0 Å². The molecule has 6 heteroatoms. The zero-order valence-corrected chi connectivity index (χ0v) is 11.5. The number of nitrogens with one attached hydrogen (secondary N) is 2. The molecule has 1 aliphatic rings. The summed E-state index contributed by atoms with van der Waals surface area (Å²) in [6, 6.07) is 5.82. The van der Waals surface area contributed by atoms with Crippen LogP contribution in [0.4, 0.5) is 16.2 Å². The number of nitrogens with zero attached hydrogens (tertiary/aromatic N) is 1. The van der Waals surface area contributed by atoms with Crippen LogP contribution in [-0.4, -0.2) is 17.0 Å². The molecule has 0 bridgehead atoms. The largest absolute Gasteiger partial charge is 0.335 e. The van der Waals surface area contributed by atoms with Crippen LogP contribution in [0.5, 0.6) is 0 Å². The quantitative estimate of drug-likeness (QED) is 0.656. The summed E-state index contributed by atoms with van der Waals surface area (Å²) in [4.78, 5) is 22.1. The van der Waals surface area contributed by atoms with Crippen LogP contribution in [0, 0.1) is 16.0 Å². The van der Waals surface area contributed by atoms with Crippen molar-refractivity contribution in [3.8, 4) is 0 Å². The minimum Gasteiger partial charge on any atom is -0.335 e. The fourth-order valence-electron chi connectivity index (χ4n) is 2.56. The molecule has 2 rings (SSSR count). The molecule has 1 aromatic carbocycles. The minimum absolute atomic E-state index is 0.0335. The van der Waals surface area contributed by atoms with Gasteiger partial charge in [-0.25, -0.2) is 4.79 Å². The summed E-state index contributed by atoms with van der Waals surface area (Å²) in [5.74, 6) is 0.472. The Balaban J connectivity index is 1.94. The van der Waals surface area contributed by atoms with E-state index in [1.807, 2.05) is 0 Å². The van der Waals surface area contributed by atoms with Gasteiger partial charge < -0.3 is 10.6 Å². The Labute approximate surface area is 117 Å². The molecule has 0 heterocycles. The van der Waals surface area contributed by atoms with E-state index in [2.05, 4.69) is 17.6 Å². The Bertz CT molecular complexity index is 504. The summed E-state index contributed by atoms with van der Waals surface area (Å²) >= 11 is 0. The Morgan fingerprint density at radius 3 is 2.80 bits per heavy atom. The maximum Gasteiger partial charge on any atom is 0.319 e. The highest BCUT2D eigenvalue weighted by Crippen LogP contribution is 2.24. The third-order valence-corrected chi connectivity index (χ3v) is 3.74. The predicted molar refractivity (Wildman–Crippen MR) is 76.7 cm³/mol. The van der Waals surface area contributed by atoms with E-state index in [0.29, 0.717) is 11.6 Å². The van der Waals surface area contributed by atoms with Gasteiger partial charge in [0.05, 0.1) is 4.92 Å². The summed E-state index contributed by atoms with van der Waals surface area (Å²) < 4.78 is 0. The zero-order chi connectivity index (χ0) is 14.5. The number of anilines is 1. The Morgan fingerprint density at radius 1 is 1.35 bits per heavy atom. The van der Waals surface area contributed by atoms with E-state index in [4.69, 9.17) is 0 Å². The van der Waals surface area contributed by atoms with Crippen LogP contribution in [0.1, 0.15) is 32.6 Å². The molecule has 2 amide bonds. The number of nitro benzene ring substituents is 1. The van der Waals surface area contributed by atoms with Crippen molar-refractivity contribution in [2.24, 2.45) is 5.92 Å². The van der Waals surface area contributed by atoms with E-state index in [9.17, 15) is 14.9 Å². The lowest BCUT2D eigenvalue weighted by molar-refractivity contribution is -0.384. The van der Waals surface area contributed by atoms with Crippen molar-refractivity contribution in [2.75, 3.05) is 5.32 Å². The monoisotopic (exact) mass is 277 g/mol. The average Bonchev–Trinajstić information content (AvgIpc) is 2.41. The first-order valence-electron chi connectivity index (χ1n) is 6.88. The van der Waals surface area contributed by atoms with E-state index in [0.717, 1.165) is 19.3 Å². The fraction of sp³-hybridized carbons (Fsp3) is 0.500. The van der Waals surface area contributed by atoms with E-state index in [1.165, 1.54) is 18.6 Å². The van der Waals surface area contributed by atoms with E-state index < -0.39 is 4.92 Å². The summed E-state index contributed by atoms with van der Waals surface area (Å²) in [5, 5.41) is 16.3. The maximum atomic E-state index is 11.9. The summed E-state index contributed by atoms with van der Waals surface area (Å²) in [6.45, 7) is 2.14. The van der Waals surface area contributed by atoms with Crippen molar-refractivity contribution in [2.45, 2.75) is 38.6 Å². The van der Waals surface area contributed by atoms with Gasteiger partial charge in [-0.3, -0.25) is 10.1 Å². The second-order valence-electron chi connectivity index (χ2n) is 5.27. The highest BCUT2D eigenvalue weighted by molar-refractivity contribution is 5.89. The molecule has 1 aromatic rings. The Hall–Kier alpha value is -2.11. The van der Waals surface area contributed by atoms with Gasteiger partial charge >= 0.3 is 6.03 Å². The molecule has 2 unspecified atom stereocenters. The van der Waals surface area contributed by atoms with Crippen LogP contribution in [0.15, 0.2) is 24.3 Å². The van der Waals surface area contributed by atoms with E-state index in [1.54, 1.807) is 12.1 Å². The number of benzene rings is 1. The Morgan fingerprint density at radius 2 is 2.10 bits per heavy atom. The van der Waals surface area contributed by atoms with Crippen molar-refractivity contribution in [3.05, 3.63) is 34.4 Å². The Kier molecular flexibility index (Phi) is 4.55. The lowest BCUT2D eigenvalue weighted by atomic mass is 9.86. The van der Waals surface area contributed by atoms with Gasteiger partial charge in [-0.15, -0.1) is 0 Å². The van der Waals surface area contributed by atoms with Gasteiger partial charge in [-0.2, -0.15) is 0 Å². The van der Waals surface area contributed by atoms with Crippen molar-refractivity contribution < 1.29 is 9.72 Å². The van der Waals surface area contributed by atoms with Crippen LogP contribution < -0.4 is 10.6 Å². The third kappa shape index (κ3) is 3.69. The normalized spacial score (nSPS) is 22.1. The predicted octanol–water partition coefficient (Wildman–Crippen LogP) is 3.30. The first kappa shape index (κ1) is 14.3. The molecule has 1 saturated carbocycles. The maximum absolute atomic E-state index is 11.9. The molecule has 0 saturated heterocycles.